The van der Waals surface area contributed by atoms with E-state index in [0.717, 1.165) is 24.1 Å². The number of nitrogens with zero attached hydrogens (tertiary/aromatic N) is 1. The summed E-state index contributed by atoms with van der Waals surface area (Å²) >= 11 is 8.11. The monoisotopic (exact) mass is 421 g/mol. The lowest BCUT2D eigenvalue weighted by Gasteiger charge is -2.29. The molecule has 0 unspecified atom stereocenters. The molecule has 0 spiro atoms. The highest BCUT2D eigenvalue weighted by atomic mass is 127. The molecule has 0 radical (unpaired) electrons. The van der Waals surface area contributed by atoms with Crippen LogP contribution in [-0.4, -0.2) is 17.8 Å². The van der Waals surface area contributed by atoms with Crippen LogP contribution in [0.25, 0.3) is 10.9 Å². The fourth-order valence-corrected chi connectivity index (χ4v) is 4.11. The Bertz CT molecular complexity index is 741. The van der Waals surface area contributed by atoms with Crippen LogP contribution in [0.1, 0.15) is 24.6 Å². The van der Waals surface area contributed by atoms with Crippen molar-refractivity contribution >= 4 is 45.1 Å². The minimum atomic E-state index is -0.396. The van der Waals surface area contributed by atoms with Crippen molar-refractivity contribution in [1.82, 2.24) is 4.57 Å². The van der Waals surface area contributed by atoms with Gasteiger partial charge in [-0.25, -0.2) is 4.39 Å². The van der Waals surface area contributed by atoms with Crippen LogP contribution in [0.4, 0.5) is 4.39 Å². The summed E-state index contributed by atoms with van der Waals surface area (Å²) < 4.78 is 21.6. The van der Waals surface area contributed by atoms with E-state index in [2.05, 4.69) is 4.57 Å². The molecule has 21 heavy (non-hydrogen) atoms. The Morgan fingerprint density at radius 2 is 2.10 bits per heavy atom. The molecule has 6 heteroatoms. The highest BCUT2D eigenvalue weighted by Crippen LogP contribution is 2.29. The van der Waals surface area contributed by atoms with Gasteiger partial charge >= 0.3 is 0 Å². The number of benzene rings is 1. The number of pyridine rings is 1. The topological polar surface area (TPSA) is 31.2 Å². The molecule has 0 N–H and O–H groups in total. The van der Waals surface area contributed by atoms with Gasteiger partial charge in [0.25, 0.3) is 0 Å². The third kappa shape index (κ3) is 2.71. The van der Waals surface area contributed by atoms with Gasteiger partial charge in [0.05, 0.1) is 20.7 Å². The molecule has 1 saturated heterocycles. The van der Waals surface area contributed by atoms with Gasteiger partial charge in [0.2, 0.25) is 5.43 Å². The summed E-state index contributed by atoms with van der Waals surface area (Å²) in [5.74, 6) is -0.134. The maximum atomic E-state index is 13.5. The number of alkyl halides is 1. The van der Waals surface area contributed by atoms with E-state index >= 15 is 0 Å². The lowest BCUT2D eigenvalue weighted by atomic mass is 10.1. The Morgan fingerprint density at radius 3 is 2.76 bits per heavy atom. The van der Waals surface area contributed by atoms with Crippen LogP contribution >= 0.6 is 34.2 Å². The van der Waals surface area contributed by atoms with E-state index in [0.29, 0.717) is 22.2 Å². The summed E-state index contributed by atoms with van der Waals surface area (Å²) in [4.78, 5) is 12.4. The Balaban J connectivity index is 2.34. The Hall–Kier alpha value is -0.660. The van der Waals surface area contributed by atoms with Crippen LogP contribution in [0.15, 0.2) is 23.0 Å². The quantitative estimate of drug-likeness (QED) is 0.545. The van der Waals surface area contributed by atoms with Gasteiger partial charge in [0, 0.05) is 24.6 Å². The molecule has 112 valence electrons. The number of hydrogen-bond acceptors (Lipinski definition) is 2. The minimum absolute atomic E-state index is 0.149. The van der Waals surface area contributed by atoms with Crippen LogP contribution < -0.4 is 5.43 Å². The first-order valence-electron chi connectivity index (χ1n) is 6.79. The highest BCUT2D eigenvalue weighted by molar-refractivity contribution is 14.1. The zero-order chi connectivity index (χ0) is 15.0. The minimum Gasteiger partial charge on any atom is -0.381 e. The summed E-state index contributed by atoms with van der Waals surface area (Å²) in [6.45, 7) is 1.38. The van der Waals surface area contributed by atoms with Gasteiger partial charge in [-0.05, 0) is 53.6 Å². The van der Waals surface area contributed by atoms with Crippen LogP contribution in [0.3, 0.4) is 0 Å². The average Bonchev–Trinajstić information content (AvgIpc) is 2.51. The summed E-state index contributed by atoms with van der Waals surface area (Å²) in [6.07, 6.45) is 1.74. The maximum absolute atomic E-state index is 13.5. The van der Waals surface area contributed by atoms with Gasteiger partial charge in [0.1, 0.15) is 5.82 Å². The largest absolute Gasteiger partial charge is 0.381 e. The van der Waals surface area contributed by atoms with E-state index in [-0.39, 0.29) is 17.4 Å². The molecule has 3 nitrogen and oxygen atoms in total. The molecular weight excluding hydrogens is 408 g/mol. The van der Waals surface area contributed by atoms with Crippen molar-refractivity contribution in [3.05, 3.63) is 43.5 Å². The normalized spacial score (nSPS) is 16.5. The van der Waals surface area contributed by atoms with Gasteiger partial charge in [-0.15, -0.1) is 11.6 Å². The molecule has 1 aromatic heterocycles. The summed E-state index contributed by atoms with van der Waals surface area (Å²) in [5, 5.41) is 0.416. The number of fused-ring (bicyclic) bond motifs is 1. The predicted molar refractivity (Wildman–Crippen MR) is 89.5 cm³/mol. The lowest BCUT2D eigenvalue weighted by molar-refractivity contribution is 0.0700. The van der Waals surface area contributed by atoms with Gasteiger partial charge < -0.3 is 9.30 Å². The molecule has 0 saturated carbocycles. The third-order valence-electron chi connectivity index (χ3n) is 3.89. The Morgan fingerprint density at radius 1 is 1.38 bits per heavy atom. The molecule has 2 aromatic rings. The van der Waals surface area contributed by atoms with Crippen molar-refractivity contribution in [2.24, 2.45) is 0 Å². The molecule has 0 aliphatic carbocycles. The first-order chi connectivity index (χ1) is 10.1. The predicted octanol–water partition coefficient (Wildman–Crippen LogP) is 3.84. The SMILES string of the molecule is O=c1c(I)c(CCl)n(C2CCOCC2)c2ccc(F)cc12. The second-order valence-corrected chi connectivity index (χ2v) is 6.44. The zero-order valence-electron chi connectivity index (χ0n) is 11.2. The molecule has 0 atom stereocenters. The van der Waals surface area contributed by atoms with Crippen molar-refractivity contribution in [1.29, 1.82) is 0 Å². The molecule has 1 aliphatic heterocycles. The van der Waals surface area contributed by atoms with Crippen LogP contribution in [0.2, 0.25) is 0 Å². The van der Waals surface area contributed by atoms with Crippen molar-refractivity contribution in [2.45, 2.75) is 24.8 Å². The molecule has 3 rings (SSSR count). The number of hydrogen-bond donors (Lipinski definition) is 0. The van der Waals surface area contributed by atoms with Crippen molar-refractivity contribution < 1.29 is 9.13 Å². The van der Waals surface area contributed by atoms with Gasteiger partial charge in [-0.3, -0.25) is 4.79 Å². The molecular formula is C15H14ClFINO2. The summed E-state index contributed by atoms with van der Waals surface area (Å²) in [6, 6.07) is 4.61. The lowest BCUT2D eigenvalue weighted by Crippen LogP contribution is -2.26. The molecule has 1 fully saturated rings. The van der Waals surface area contributed by atoms with Crippen LogP contribution in [0.5, 0.6) is 0 Å². The summed E-state index contributed by atoms with van der Waals surface area (Å²) in [5.41, 5.74) is 1.42. The number of ether oxygens (including phenoxy) is 1. The summed E-state index contributed by atoms with van der Waals surface area (Å²) in [7, 11) is 0. The molecule has 0 amide bonds. The van der Waals surface area contributed by atoms with Crippen molar-refractivity contribution in [2.75, 3.05) is 13.2 Å². The highest BCUT2D eigenvalue weighted by Gasteiger charge is 2.22. The van der Waals surface area contributed by atoms with Crippen LogP contribution in [0, 0.1) is 9.39 Å². The maximum Gasteiger partial charge on any atom is 0.203 e. The molecule has 1 aromatic carbocycles. The average molecular weight is 422 g/mol. The van der Waals surface area contributed by atoms with E-state index in [1.54, 1.807) is 6.07 Å². The van der Waals surface area contributed by atoms with E-state index in [4.69, 9.17) is 16.3 Å². The van der Waals surface area contributed by atoms with E-state index in [1.807, 2.05) is 22.6 Å². The van der Waals surface area contributed by atoms with Crippen molar-refractivity contribution in [3.63, 3.8) is 0 Å². The molecule has 1 aliphatic rings. The van der Waals surface area contributed by atoms with Gasteiger partial charge in [0.15, 0.2) is 0 Å². The van der Waals surface area contributed by atoms with Gasteiger partial charge in [-0.1, -0.05) is 0 Å². The second kappa shape index (κ2) is 6.22. The zero-order valence-corrected chi connectivity index (χ0v) is 14.2. The fraction of sp³-hybridized carbons (Fsp3) is 0.400. The van der Waals surface area contributed by atoms with E-state index in [1.165, 1.54) is 12.1 Å². The van der Waals surface area contributed by atoms with Crippen molar-refractivity contribution in [3.8, 4) is 0 Å². The van der Waals surface area contributed by atoms with Gasteiger partial charge in [-0.2, -0.15) is 0 Å². The Kier molecular flexibility index (Phi) is 4.51. The molecule has 0 bridgehead atoms. The van der Waals surface area contributed by atoms with E-state index < -0.39 is 5.82 Å². The first-order valence-corrected chi connectivity index (χ1v) is 8.40. The standard InChI is InChI=1S/C15H14ClFINO2/c16-8-13-14(18)15(20)11-7-9(17)1-2-12(11)19(13)10-3-5-21-6-4-10/h1-2,7,10H,3-6,8H2. The molecule has 2 heterocycles. The number of rotatable bonds is 2. The van der Waals surface area contributed by atoms with Crippen LogP contribution in [-0.2, 0) is 10.6 Å². The Labute approximate surface area is 140 Å². The van der Waals surface area contributed by atoms with E-state index in [9.17, 15) is 9.18 Å². The smallest absolute Gasteiger partial charge is 0.203 e. The second-order valence-electron chi connectivity index (χ2n) is 5.10. The first kappa shape index (κ1) is 15.2. The number of aromatic nitrogens is 1. The fourth-order valence-electron chi connectivity index (χ4n) is 2.88. The third-order valence-corrected chi connectivity index (χ3v) is 5.25. The number of halogens is 3.